The smallest absolute Gasteiger partial charge is 0.310 e. The minimum absolute atomic E-state index is 0.125. The van der Waals surface area contributed by atoms with Crippen molar-refractivity contribution in [3.05, 3.63) is 33.4 Å². The lowest BCUT2D eigenvalue weighted by molar-refractivity contribution is -0.142. The van der Waals surface area contributed by atoms with E-state index in [4.69, 9.17) is 10.00 Å². The van der Waals surface area contributed by atoms with Gasteiger partial charge in [0.25, 0.3) is 5.56 Å². The molecule has 2 aromatic heterocycles. The van der Waals surface area contributed by atoms with Crippen LogP contribution in [0.25, 0.3) is 5.65 Å². The molecule has 0 spiro atoms. The van der Waals surface area contributed by atoms with E-state index in [9.17, 15) is 9.59 Å². The normalized spacial score (nSPS) is 10.4. The van der Waals surface area contributed by atoms with Gasteiger partial charge in [-0.05, 0) is 13.8 Å². The van der Waals surface area contributed by atoms with Crippen molar-refractivity contribution in [1.29, 1.82) is 5.26 Å². The Morgan fingerprint density at radius 3 is 3.00 bits per heavy atom. The molecular formula is C12H12N4O3. The van der Waals surface area contributed by atoms with Gasteiger partial charge in [-0.3, -0.25) is 9.59 Å². The average molecular weight is 260 g/mol. The van der Waals surface area contributed by atoms with E-state index in [1.54, 1.807) is 13.8 Å². The van der Waals surface area contributed by atoms with Gasteiger partial charge in [0.15, 0.2) is 5.65 Å². The fourth-order valence-corrected chi connectivity index (χ4v) is 1.79. The van der Waals surface area contributed by atoms with E-state index in [2.05, 4.69) is 10.1 Å². The maximum Gasteiger partial charge on any atom is 0.310 e. The quantitative estimate of drug-likeness (QED) is 0.800. The van der Waals surface area contributed by atoms with Gasteiger partial charge in [-0.25, -0.2) is 0 Å². The SMILES string of the molecule is CCOC(=O)Cc1c[nH]c2c(C#N)c(C)nn2c1=O. The first-order valence-corrected chi connectivity index (χ1v) is 5.74. The van der Waals surface area contributed by atoms with Crippen molar-refractivity contribution >= 4 is 11.6 Å². The van der Waals surface area contributed by atoms with E-state index >= 15 is 0 Å². The number of aryl methyl sites for hydroxylation is 1. The number of ether oxygens (including phenoxy) is 1. The number of nitrogens with zero attached hydrogens (tertiary/aromatic N) is 3. The summed E-state index contributed by atoms with van der Waals surface area (Å²) < 4.78 is 5.89. The van der Waals surface area contributed by atoms with Gasteiger partial charge in [-0.15, -0.1) is 0 Å². The van der Waals surface area contributed by atoms with Crippen molar-refractivity contribution in [2.45, 2.75) is 20.3 Å². The van der Waals surface area contributed by atoms with Crippen LogP contribution in [0.3, 0.4) is 0 Å². The van der Waals surface area contributed by atoms with Crippen molar-refractivity contribution in [2.75, 3.05) is 6.61 Å². The molecule has 98 valence electrons. The molecule has 0 saturated carbocycles. The monoisotopic (exact) mass is 260 g/mol. The highest BCUT2D eigenvalue weighted by atomic mass is 16.5. The van der Waals surface area contributed by atoms with Crippen LogP contribution in [0.2, 0.25) is 0 Å². The van der Waals surface area contributed by atoms with Crippen LogP contribution in [-0.4, -0.2) is 27.2 Å². The van der Waals surface area contributed by atoms with E-state index in [0.717, 1.165) is 4.52 Å². The summed E-state index contributed by atoms with van der Waals surface area (Å²) in [6.07, 6.45) is 1.29. The molecule has 0 atom stereocenters. The Balaban J connectivity index is 2.51. The summed E-state index contributed by atoms with van der Waals surface area (Å²) in [5.41, 5.74) is 0.936. The number of carbonyl (C=O) groups excluding carboxylic acids is 1. The number of aromatic nitrogens is 3. The summed E-state index contributed by atoms with van der Waals surface area (Å²) in [7, 11) is 0. The molecule has 0 aliphatic rings. The van der Waals surface area contributed by atoms with Gasteiger partial charge in [0.2, 0.25) is 0 Å². The Bertz CT molecular complexity index is 736. The number of hydrogen-bond acceptors (Lipinski definition) is 5. The molecule has 0 aliphatic carbocycles. The second kappa shape index (κ2) is 4.94. The summed E-state index contributed by atoms with van der Waals surface area (Å²) >= 11 is 0. The molecule has 0 unspecified atom stereocenters. The number of H-pyrrole nitrogens is 1. The number of nitriles is 1. The molecule has 0 fully saturated rings. The number of rotatable bonds is 3. The lowest BCUT2D eigenvalue weighted by Crippen LogP contribution is -2.22. The minimum atomic E-state index is -0.475. The summed E-state index contributed by atoms with van der Waals surface area (Å²) in [5, 5.41) is 13.0. The van der Waals surface area contributed by atoms with E-state index in [1.165, 1.54) is 6.20 Å². The van der Waals surface area contributed by atoms with Gasteiger partial charge < -0.3 is 9.72 Å². The van der Waals surface area contributed by atoms with Crippen LogP contribution in [-0.2, 0) is 16.0 Å². The van der Waals surface area contributed by atoms with E-state index < -0.39 is 11.5 Å². The highest BCUT2D eigenvalue weighted by Gasteiger charge is 2.15. The molecule has 0 aromatic carbocycles. The highest BCUT2D eigenvalue weighted by molar-refractivity contribution is 5.72. The third-order valence-electron chi connectivity index (χ3n) is 2.66. The number of esters is 1. The van der Waals surface area contributed by atoms with Gasteiger partial charge in [0, 0.05) is 11.8 Å². The fourth-order valence-electron chi connectivity index (χ4n) is 1.79. The Kier molecular flexibility index (Phi) is 3.33. The van der Waals surface area contributed by atoms with Crippen molar-refractivity contribution in [1.82, 2.24) is 14.6 Å². The number of fused-ring (bicyclic) bond motifs is 1. The highest BCUT2D eigenvalue weighted by Crippen LogP contribution is 2.10. The van der Waals surface area contributed by atoms with Crippen LogP contribution >= 0.6 is 0 Å². The van der Waals surface area contributed by atoms with E-state index in [-0.39, 0.29) is 18.6 Å². The molecule has 0 aliphatic heterocycles. The molecule has 7 nitrogen and oxygen atoms in total. The molecule has 2 rings (SSSR count). The summed E-state index contributed by atoms with van der Waals surface area (Å²) in [4.78, 5) is 26.3. The number of aromatic amines is 1. The second-order valence-corrected chi connectivity index (χ2v) is 3.93. The molecule has 2 heterocycles. The molecule has 19 heavy (non-hydrogen) atoms. The summed E-state index contributed by atoms with van der Waals surface area (Å²) in [6.45, 7) is 3.60. The van der Waals surface area contributed by atoms with Crippen LogP contribution in [0.4, 0.5) is 0 Å². The third kappa shape index (κ3) is 2.20. The van der Waals surface area contributed by atoms with Gasteiger partial charge in [-0.2, -0.15) is 14.9 Å². The van der Waals surface area contributed by atoms with Gasteiger partial charge in [-0.1, -0.05) is 0 Å². The van der Waals surface area contributed by atoms with Crippen LogP contribution < -0.4 is 5.56 Å². The average Bonchev–Trinajstić information content (AvgIpc) is 2.70. The second-order valence-electron chi connectivity index (χ2n) is 3.93. The molecule has 7 heteroatoms. The van der Waals surface area contributed by atoms with Crippen LogP contribution in [0.5, 0.6) is 0 Å². The van der Waals surface area contributed by atoms with Crippen molar-refractivity contribution in [2.24, 2.45) is 0 Å². The predicted octanol–water partition coefficient (Wildman–Crippen LogP) is 0.308. The Labute approximate surface area is 108 Å². The van der Waals surface area contributed by atoms with Gasteiger partial charge >= 0.3 is 5.97 Å². The topological polar surface area (TPSA) is 100 Å². The van der Waals surface area contributed by atoms with Crippen LogP contribution in [0.1, 0.15) is 23.7 Å². The molecule has 0 amide bonds. The Morgan fingerprint density at radius 1 is 1.63 bits per heavy atom. The molecule has 0 radical (unpaired) electrons. The zero-order chi connectivity index (χ0) is 14.0. The Hall–Kier alpha value is -2.62. The minimum Gasteiger partial charge on any atom is -0.466 e. The molecule has 1 N–H and O–H groups in total. The van der Waals surface area contributed by atoms with Crippen molar-refractivity contribution in [3.63, 3.8) is 0 Å². The van der Waals surface area contributed by atoms with Crippen molar-refractivity contribution < 1.29 is 9.53 Å². The molecular weight excluding hydrogens is 248 g/mol. The van der Waals surface area contributed by atoms with E-state index in [1.807, 2.05) is 6.07 Å². The van der Waals surface area contributed by atoms with Crippen LogP contribution in [0.15, 0.2) is 11.0 Å². The largest absolute Gasteiger partial charge is 0.466 e. The molecule has 2 aromatic rings. The molecule has 0 bridgehead atoms. The van der Waals surface area contributed by atoms with E-state index in [0.29, 0.717) is 16.9 Å². The first-order valence-electron chi connectivity index (χ1n) is 5.74. The maximum atomic E-state index is 12.1. The fraction of sp³-hybridized carbons (Fsp3) is 0.333. The predicted molar refractivity (Wildman–Crippen MR) is 65.6 cm³/mol. The van der Waals surface area contributed by atoms with Gasteiger partial charge in [0.1, 0.15) is 11.6 Å². The van der Waals surface area contributed by atoms with Crippen LogP contribution in [0, 0.1) is 18.3 Å². The third-order valence-corrected chi connectivity index (χ3v) is 2.66. The number of nitrogens with one attached hydrogen (secondary N) is 1. The lowest BCUT2D eigenvalue weighted by atomic mass is 10.2. The summed E-state index contributed by atoms with van der Waals surface area (Å²) in [5.74, 6) is -0.475. The standard InChI is InChI=1S/C12H12N4O3/c1-3-19-10(17)4-8-6-14-11-9(5-13)7(2)15-16(11)12(8)18/h6,14H,3-4H2,1-2H3. The number of carbonyl (C=O) groups is 1. The first kappa shape index (κ1) is 12.8. The number of hydrogen-bond donors (Lipinski definition) is 1. The maximum absolute atomic E-state index is 12.1. The van der Waals surface area contributed by atoms with Gasteiger partial charge in [0.05, 0.1) is 18.7 Å². The zero-order valence-corrected chi connectivity index (χ0v) is 10.6. The Morgan fingerprint density at radius 2 is 2.37 bits per heavy atom. The summed E-state index contributed by atoms with van der Waals surface area (Å²) in [6, 6.07) is 1.98. The first-order chi connectivity index (χ1) is 9.08. The lowest BCUT2D eigenvalue weighted by Gasteiger charge is -2.02. The zero-order valence-electron chi connectivity index (χ0n) is 10.6. The molecule has 0 saturated heterocycles. The van der Waals surface area contributed by atoms with Crippen molar-refractivity contribution in [3.8, 4) is 6.07 Å².